The molecule has 2 amide bonds. The second kappa shape index (κ2) is 10.6. The molecule has 0 bridgehead atoms. The van der Waals surface area contributed by atoms with Gasteiger partial charge < -0.3 is 15.0 Å². The number of rotatable bonds is 8. The van der Waals surface area contributed by atoms with Crippen molar-refractivity contribution in [1.82, 2.24) is 4.90 Å². The van der Waals surface area contributed by atoms with Crippen LogP contribution in [0.2, 0.25) is 0 Å². The Balaban J connectivity index is 1.79. The molecular weight excluding hydrogens is 360 g/mol. The number of hydrogen-bond acceptors (Lipinski definition) is 5. The highest BCUT2D eigenvalue weighted by Gasteiger charge is 2.20. The first-order valence-corrected chi connectivity index (χ1v) is 9.71. The van der Waals surface area contributed by atoms with Crippen molar-refractivity contribution in [2.45, 2.75) is 46.0 Å². The van der Waals surface area contributed by atoms with Gasteiger partial charge in [0.15, 0.2) is 12.4 Å². The van der Waals surface area contributed by atoms with E-state index in [0.717, 1.165) is 19.3 Å². The molecule has 0 saturated carbocycles. The quantitative estimate of drug-likeness (QED) is 0.546. The van der Waals surface area contributed by atoms with Gasteiger partial charge in [-0.3, -0.25) is 19.2 Å². The van der Waals surface area contributed by atoms with Crippen molar-refractivity contribution in [3.05, 3.63) is 29.8 Å². The van der Waals surface area contributed by atoms with Gasteiger partial charge in [-0.1, -0.05) is 20.3 Å². The van der Waals surface area contributed by atoms with Crippen LogP contribution in [-0.4, -0.2) is 48.2 Å². The summed E-state index contributed by atoms with van der Waals surface area (Å²) in [6.45, 7) is 3.98. The number of ether oxygens (including phenoxy) is 1. The van der Waals surface area contributed by atoms with E-state index in [9.17, 15) is 19.2 Å². The summed E-state index contributed by atoms with van der Waals surface area (Å²) in [5.41, 5.74) is 0.999. The molecule has 0 unspecified atom stereocenters. The van der Waals surface area contributed by atoms with Crippen LogP contribution in [0.1, 0.15) is 56.3 Å². The van der Waals surface area contributed by atoms with E-state index in [-0.39, 0.29) is 36.7 Å². The zero-order chi connectivity index (χ0) is 20.5. The Bertz CT molecular complexity index is 712. The zero-order valence-electron chi connectivity index (χ0n) is 16.5. The number of nitrogens with one attached hydrogen (secondary N) is 1. The Kier molecular flexibility index (Phi) is 8.17. The van der Waals surface area contributed by atoms with Gasteiger partial charge in [-0.25, -0.2) is 0 Å². The Morgan fingerprint density at radius 2 is 1.82 bits per heavy atom. The van der Waals surface area contributed by atoms with Crippen molar-refractivity contribution in [3.8, 4) is 0 Å². The number of ketones is 1. The molecule has 1 N–H and O–H groups in total. The predicted octanol–water partition coefficient (Wildman–Crippen LogP) is 2.80. The van der Waals surface area contributed by atoms with Crippen LogP contribution in [0, 0.1) is 5.92 Å². The molecule has 1 aromatic rings. The second-order valence-corrected chi connectivity index (χ2v) is 7.43. The SMILES string of the molecule is CC(C)CC(=O)Nc1ccc(C(=O)COC(=O)CN2CCCCCC2=O)cc1. The van der Waals surface area contributed by atoms with Gasteiger partial charge in [0.05, 0.1) is 0 Å². The summed E-state index contributed by atoms with van der Waals surface area (Å²) in [6, 6.07) is 6.45. The molecule has 152 valence electrons. The molecule has 28 heavy (non-hydrogen) atoms. The molecule has 1 heterocycles. The molecule has 0 atom stereocenters. The minimum Gasteiger partial charge on any atom is -0.456 e. The van der Waals surface area contributed by atoms with E-state index in [0.29, 0.717) is 30.6 Å². The number of hydrogen-bond donors (Lipinski definition) is 1. The number of Topliss-reactive ketones (excluding diaryl/α,β-unsaturated/α-hetero) is 1. The number of carbonyl (C=O) groups is 4. The molecule has 0 aliphatic carbocycles. The first kappa shape index (κ1) is 21.6. The van der Waals surface area contributed by atoms with Crippen LogP contribution < -0.4 is 5.32 Å². The van der Waals surface area contributed by atoms with Crippen LogP contribution in [0.15, 0.2) is 24.3 Å². The molecule has 7 heteroatoms. The van der Waals surface area contributed by atoms with Crippen molar-refractivity contribution < 1.29 is 23.9 Å². The third kappa shape index (κ3) is 7.13. The van der Waals surface area contributed by atoms with E-state index in [4.69, 9.17) is 4.74 Å². The summed E-state index contributed by atoms with van der Waals surface area (Å²) in [5, 5.41) is 2.77. The van der Waals surface area contributed by atoms with Crippen LogP contribution in [0.5, 0.6) is 0 Å². The number of benzene rings is 1. The summed E-state index contributed by atoms with van der Waals surface area (Å²) >= 11 is 0. The lowest BCUT2D eigenvalue weighted by Gasteiger charge is -2.19. The van der Waals surface area contributed by atoms with Crippen LogP contribution in [0.4, 0.5) is 5.69 Å². The first-order chi connectivity index (χ1) is 13.3. The minimum absolute atomic E-state index is 0.0455. The average Bonchev–Trinajstić information content (AvgIpc) is 2.84. The molecule has 2 rings (SSSR count). The average molecular weight is 388 g/mol. The smallest absolute Gasteiger partial charge is 0.326 e. The fourth-order valence-corrected chi connectivity index (χ4v) is 2.96. The molecule has 1 aliphatic rings. The van der Waals surface area contributed by atoms with E-state index >= 15 is 0 Å². The van der Waals surface area contributed by atoms with Gasteiger partial charge in [-0.15, -0.1) is 0 Å². The van der Waals surface area contributed by atoms with Gasteiger partial charge in [0, 0.05) is 30.6 Å². The molecule has 1 saturated heterocycles. The fourth-order valence-electron chi connectivity index (χ4n) is 2.96. The Hall–Kier alpha value is -2.70. The van der Waals surface area contributed by atoms with Gasteiger partial charge in [0.1, 0.15) is 6.54 Å². The monoisotopic (exact) mass is 388 g/mol. The lowest BCUT2D eigenvalue weighted by molar-refractivity contribution is -0.148. The number of esters is 1. The van der Waals surface area contributed by atoms with Gasteiger partial charge in [-0.05, 0) is 43.0 Å². The second-order valence-electron chi connectivity index (χ2n) is 7.43. The highest BCUT2D eigenvalue weighted by Crippen LogP contribution is 2.13. The number of amides is 2. The maximum atomic E-state index is 12.2. The molecule has 7 nitrogen and oxygen atoms in total. The zero-order valence-corrected chi connectivity index (χ0v) is 16.5. The maximum absolute atomic E-state index is 12.2. The van der Waals surface area contributed by atoms with Crippen molar-refractivity contribution in [1.29, 1.82) is 0 Å². The van der Waals surface area contributed by atoms with Crippen molar-refractivity contribution in [2.24, 2.45) is 5.92 Å². The topological polar surface area (TPSA) is 92.8 Å². The largest absolute Gasteiger partial charge is 0.456 e. The Morgan fingerprint density at radius 3 is 2.50 bits per heavy atom. The first-order valence-electron chi connectivity index (χ1n) is 9.71. The van der Waals surface area contributed by atoms with Crippen LogP contribution in [0.3, 0.4) is 0 Å². The van der Waals surface area contributed by atoms with Crippen molar-refractivity contribution in [3.63, 3.8) is 0 Å². The molecule has 0 aromatic heterocycles. The van der Waals surface area contributed by atoms with E-state index < -0.39 is 5.97 Å². The summed E-state index contributed by atoms with van der Waals surface area (Å²) in [7, 11) is 0. The third-order valence-corrected chi connectivity index (χ3v) is 4.44. The Labute approximate surface area is 165 Å². The van der Waals surface area contributed by atoms with Gasteiger partial charge in [-0.2, -0.15) is 0 Å². The van der Waals surface area contributed by atoms with Gasteiger partial charge >= 0.3 is 5.97 Å². The Morgan fingerprint density at radius 1 is 1.11 bits per heavy atom. The molecule has 1 aliphatic heterocycles. The summed E-state index contributed by atoms with van der Waals surface area (Å²) in [6.07, 6.45) is 3.57. The normalized spacial score (nSPS) is 14.5. The summed E-state index contributed by atoms with van der Waals surface area (Å²) in [5.74, 6) is -0.779. The van der Waals surface area contributed by atoms with Crippen LogP contribution >= 0.6 is 0 Å². The number of carbonyl (C=O) groups excluding carboxylic acids is 4. The molecule has 0 radical (unpaired) electrons. The lowest BCUT2D eigenvalue weighted by Crippen LogP contribution is -2.36. The predicted molar refractivity (Wildman–Crippen MR) is 105 cm³/mol. The molecule has 0 spiro atoms. The fraction of sp³-hybridized carbons (Fsp3) is 0.524. The number of anilines is 1. The van der Waals surface area contributed by atoms with Crippen LogP contribution in [0.25, 0.3) is 0 Å². The number of likely N-dealkylation sites (tertiary alicyclic amines) is 1. The maximum Gasteiger partial charge on any atom is 0.326 e. The molecule has 1 fully saturated rings. The van der Waals surface area contributed by atoms with E-state index in [1.807, 2.05) is 13.8 Å². The molecular formula is C21H28N2O5. The highest BCUT2D eigenvalue weighted by atomic mass is 16.5. The van der Waals surface area contributed by atoms with Crippen LogP contribution in [-0.2, 0) is 19.1 Å². The summed E-state index contributed by atoms with van der Waals surface area (Å²) in [4.78, 5) is 49.3. The van der Waals surface area contributed by atoms with Crippen molar-refractivity contribution >= 4 is 29.3 Å². The minimum atomic E-state index is -0.582. The van der Waals surface area contributed by atoms with E-state index in [1.165, 1.54) is 4.90 Å². The van der Waals surface area contributed by atoms with Gasteiger partial charge in [0.25, 0.3) is 0 Å². The summed E-state index contributed by atoms with van der Waals surface area (Å²) < 4.78 is 5.04. The van der Waals surface area contributed by atoms with E-state index in [1.54, 1.807) is 24.3 Å². The standard InChI is InChI=1S/C21H28N2O5/c1-15(2)12-19(25)22-17-9-7-16(8-10-17)18(24)14-28-21(27)13-23-11-5-3-4-6-20(23)26/h7-10,15H,3-6,11-14H2,1-2H3,(H,22,25). The third-order valence-electron chi connectivity index (χ3n) is 4.44. The highest BCUT2D eigenvalue weighted by molar-refractivity contribution is 5.99. The van der Waals surface area contributed by atoms with Gasteiger partial charge in [0.2, 0.25) is 11.8 Å². The number of nitrogens with zero attached hydrogens (tertiary/aromatic N) is 1. The lowest BCUT2D eigenvalue weighted by atomic mass is 10.1. The van der Waals surface area contributed by atoms with E-state index in [2.05, 4.69) is 5.32 Å². The molecule has 1 aromatic carbocycles. The van der Waals surface area contributed by atoms with Crippen molar-refractivity contribution in [2.75, 3.05) is 25.0 Å².